The summed E-state index contributed by atoms with van der Waals surface area (Å²) in [4.78, 5) is 31.0. The third-order valence-corrected chi connectivity index (χ3v) is 8.33. The van der Waals surface area contributed by atoms with E-state index in [1.54, 1.807) is 17.9 Å². The van der Waals surface area contributed by atoms with Crippen LogP contribution in [0.4, 0.5) is 33.9 Å². The van der Waals surface area contributed by atoms with Crippen molar-refractivity contribution in [1.29, 1.82) is 0 Å². The zero-order valence-corrected chi connectivity index (χ0v) is 24.0. The number of nitrogens with two attached hydrogens (primary N) is 1. The molecule has 0 aliphatic carbocycles. The first-order valence-electron chi connectivity index (χ1n) is 13.5. The SMILES string of the molecule is CCOC(=O)N1CCN(c2ccc(Nc3nc(N)n(-c4cc(N5CCCN(S(C)(=O)=O)CC5)ncn4)n3)cc2)CC1. The molecular formula is C25H35N11O4S. The van der Waals surface area contributed by atoms with Crippen LogP contribution in [-0.2, 0) is 14.8 Å². The van der Waals surface area contributed by atoms with E-state index in [1.807, 2.05) is 29.2 Å². The maximum absolute atomic E-state index is 12.0. The van der Waals surface area contributed by atoms with E-state index in [0.717, 1.165) is 24.5 Å². The van der Waals surface area contributed by atoms with Gasteiger partial charge in [0, 0.05) is 69.8 Å². The predicted molar refractivity (Wildman–Crippen MR) is 155 cm³/mol. The molecule has 16 heteroatoms. The van der Waals surface area contributed by atoms with E-state index in [4.69, 9.17) is 10.5 Å². The zero-order valence-electron chi connectivity index (χ0n) is 23.2. The average Bonchev–Trinajstić information content (AvgIpc) is 3.15. The molecule has 3 N–H and O–H groups in total. The molecule has 2 aromatic heterocycles. The van der Waals surface area contributed by atoms with Gasteiger partial charge in [0.2, 0.25) is 21.9 Å². The fourth-order valence-corrected chi connectivity index (χ4v) is 5.75. The number of amides is 1. The highest BCUT2D eigenvalue weighted by Gasteiger charge is 2.24. The summed E-state index contributed by atoms with van der Waals surface area (Å²) in [6.45, 7) is 6.90. The van der Waals surface area contributed by atoms with Gasteiger partial charge in [-0.3, -0.25) is 0 Å². The smallest absolute Gasteiger partial charge is 0.409 e. The first kappa shape index (κ1) is 28.4. The van der Waals surface area contributed by atoms with Crippen molar-refractivity contribution in [1.82, 2.24) is 33.9 Å². The van der Waals surface area contributed by atoms with Gasteiger partial charge in [0.05, 0.1) is 12.9 Å². The Hall–Kier alpha value is -4.18. The normalized spacial score (nSPS) is 16.9. The van der Waals surface area contributed by atoms with Gasteiger partial charge in [-0.2, -0.15) is 9.67 Å². The van der Waals surface area contributed by atoms with Crippen LogP contribution in [0.3, 0.4) is 0 Å². The first-order chi connectivity index (χ1) is 19.7. The molecule has 2 aliphatic rings. The van der Waals surface area contributed by atoms with Crippen molar-refractivity contribution in [2.24, 2.45) is 0 Å². The molecule has 5 rings (SSSR count). The number of nitrogen functional groups attached to an aromatic ring is 1. The Balaban J connectivity index is 1.22. The lowest BCUT2D eigenvalue weighted by molar-refractivity contribution is 0.105. The Kier molecular flexibility index (Phi) is 8.39. The highest BCUT2D eigenvalue weighted by atomic mass is 32.2. The number of nitrogens with zero attached hydrogens (tertiary/aromatic N) is 9. The van der Waals surface area contributed by atoms with Crippen molar-refractivity contribution in [2.75, 3.05) is 86.1 Å². The largest absolute Gasteiger partial charge is 0.450 e. The van der Waals surface area contributed by atoms with Gasteiger partial charge in [0.1, 0.15) is 12.1 Å². The molecular weight excluding hydrogens is 550 g/mol. The highest BCUT2D eigenvalue weighted by molar-refractivity contribution is 7.88. The summed E-state index contributed by atoms with van der Waals surface area (Å²) in [6, 6.07) is 9.65. The van der Waals surface area contributed by atoms with Gasteiger partial charge in [-0.05, 0) is 37.6 Å². The van der Waals surface area contributed by atoms with Crippen molar-refractivity contribution in [3.63, 3.8) is 0 Å². The van der Waals surface area contributed by atoms with Gasteiger partial charge in [0.15, 0.2) is 5.82 Å². The van der Waals surface area contributed by atoms with E-state index in [-0.39, 0.29) is 12.0 Å². The minimum atomic E-state index is -3.24. The maximum atomic E-state index is 12.0. The molecule has 15 nitrogen and oxygen atoms in total. The van der Waals surface area contributed by atoms with Crippen LogP contribution in [0.5, 0.6) is 0 Å². The lowest BCUT2D eigenvalue weighted by Gasteiger charge is -2.35. The van der Waals surface area contributed by atoms with Crippen LogP contribution in [0, 0.1) is 0 Å². The quantitative estimate of drug-likeness (QED) is 0.406. The average molecular weight is 586 g/mol. The summed E-state index contributed by atoms with van der Waals surface area (Å²) < 4.78 is 31.9. The highest BCUT2D eigenvalue weighted by Crippen LogP contribution is 2.23. The molecule has 2 fully saturated rings. The third-order valence-electron chi connectivity index (χ3n) is 7.03. The van der Waals surface area contributed by atoms with Crippen LogP contribution in [-0.4, -0.2) is 114 Å². The molecule has 0 saturated carbocycles. The minimum absolute atomic E-state index is 0.160. The number of rotatable bonds is 7. The van der Waals surface area contributed by atoms with E-state index in [0.29, 0.717) is 69.9 Å². The van der Waals surface area contributed by atoms with Crippen LogP contribution < -0.4 is 20.9 Å². The van der Waals surface area contributed by atoms with Gasteiger partial charge >= 0.3 is 6.09 Å². The summed E-state index contributed by atoms with van der Waals surface area (Å²) in [5.41, 5.74) is 8.02. The number of nitrogens with one attached hydrogen (secondary N) is 1. The molecule has 0 spiro atoms. The second-order valence-electron chi connectivity index (χ2n) is 9.79. The van der Waals surface area contributed by atoms with E-state index >= 15 is 0 Å². The molecule has 3 aromatic rings. The van der Waals surface area contributed by atoms with Crippen LogP contribution in [0.25, 0.3) is 5.82 Å². The summed E-state index contributed by atoms with van der Waals surface area (Å²) in [5, 5.41) is 7.67. The second kappa shape index (κ2) is 12.1. The first-order valence-corrected chi connectivity index (χ1v) is 15.3. The van der Waals surface area contributed by atoms with Gasteiger partial charge in [-0.15, -0.1) is 5.10 Å². The van der Waals surface area contributed by atoms with Crippen molar-refractivity contribution >= 4 is 45.2 Å². The number of carbonyl (C=O) groups is 1. The number of sulfonamides is 1. The molecule has 0 bridgehead atoms. The van der Waals surface area contributed by atoms with E-state index in [9.17, 15) is 13.2 Å². The maximum Gasteiger partial charge on any atom is 0.409 e. The molecule has 2 saturated heterocycles. The summed E-state index contributed by atoms with van der Waals surface area (Å²) in [6.07, 6.45) is 3.09. The van der Waals surface area contributed by atoms with Crippen molar-refractivity contribution < 1.29 is 17.9 Å². The van der Waals surface area contributed by atoms with Crippen LogP contribution in [0.15, 0.2) is 36.7 Å². The van der Waals surface area contributed by atoms with Gasteiger partial charge in [0.25, 0.3) is 0 Å². The molecule has 2 aliphatic heterocycles. The number of benzene rings is 1. The molecule has 0 radical (unpaired) electrons. The molecule has 41 heavy (non-hydrogen) atoms. The van der Waals surface area contributed by atoms with Gasteiger partial charge in [-0.25, -0.2) is 27.5 Å². The minimum Gasteiger partial charge on any atom is -0.450 e. The van der Waals surface area contributed by atoms with Gasteiger partial charge < -0.3 is 30.5 Å². The topological polar surface area (TPSA) is 168 Å². The van der Waals surface area contributed by atoms with Crippen LogP contribution in [0.2, 0.25) is 0 Å². The molecule has 4 heterocycles. The lowest BCUT2D eigenvalue weighted by Crippen LogP contribution is -2.49. The predicted octanol–water partition coefficient (Wildman–Crippen LogP) is 1.13. The van der Waals surface area contributed by atoms with Crippen LogP contribution >= 0.6 is 0 Å². The summed E-state index contributed by atoms with van der Waals surface area (Å²) in [5.74, 6) is 1.59. The number of hydrogen-bond acceptors (Lipinski definition) is 12. The Morgan fingerprint density at radius 2 is 1.68 bits per heavy atom. The second-order valence-corrected chi connectivity index (χ2v) is 11.8. The van der Waals surface area contributed by atoms with E-state index in [1.165, 1.54) is 21.6 Å². The summed E-state index contributed by atoms with van der Waals surface area (Å²) in [7, 11) is -3.24. The zero-order chi connectivity index (χ0) is 29.0. The van der Waals surface area contributed by atoms with Crippen LogP contribution in [0.1, 0.15) is 13.3 Å². The van der Waals surface area contributed by atoms with Gasteiger partial charge in [-0.1, -0.05) is 0 Å². The Labute approximate surface area is 239 Å². The Bertz CT molecular complexity index is 1460. The molecule has 1 aromatic carbocycles. The Morgan fingerprint density at radius 3 is 2.39 bits per heavy atom. The monoisotopic (exact) mass is 585 g/mol. The van der Waals surface area contributed by atoms with Crippen molar-refractivity contribution in [3.8, 4) is 5.82 Å². The summed E-state index contributed by atoms with van der Waals surface area (Å²) >= 11 is 0. The number of piperazine rings is 1. The van der Waals surface area contributed by atoms with Crippen molar-refractivity contribution in [3.05, 3.63) is 36.7 Å². The molecule has 1 amide bonds. The van der Waals surface area contributed by atoms with E-state index in [2.05, 4.69) is 30.3 Å². The number of anilines is 5. The fourth-order valence-electron chi connectivity index (χ4n) is 4.87. The molecule has 220 valence electrons. The fraction of sp³-hybridized carbons (Fsp3) is 0.480. The Morgan fingerprint density at radius 1 is 0.976 bits per heavy atom. The molecule has 0 unspecified atom stereocenters. The number of hydrogen-bond donors (Lipinski definition) is 2. The third kappa shape index (κ3) is 6.77. The molecule has 0 atom stereocenters. The number of carbonyl (C=O) groups excluding carboxylic acids is 1. The van der Waals surface area contributed by atoms with E-state index < -0.39 is 10.0 Å². The number of aromatic nitrogens is 5. The lowest BCUT2D eigenvalue weighted by atomic mass is 10.2. The van der Waals surface area contributed by atoms with Crippen molar-refractivity contribution in [2.45, 2.75) is 13.3 Å². The number of ether oxygens (including phenoxy) is 1. The standard InChI is InChI=1S/C25H35N11O4S/c1-3-40-25(37)34-13-11-32(12-14-34)20-7-5-19(6-8-20)29-24-30-23(26)36(31-24)22-17-21(27-18-28-22)33-9-4-10-35(16-15-33)41(2,38)39/h5-8,17-18H,3-4,9-16H2,1-2H3,(H3,26,29,30,31).